The minimum atomic E-state index is -0.627. The number of benzene rings is 2. The number of anilines is 1. The standard InChI is InChI=1S/C17H17BrClNO2/c1-10-4-5-11(2)15(8-10)20-17(21)12(3)22-16-7-6-13(19)9-14(16)18/h4-9,12H,1-3H3,(H,20,21). The molecule has 0 bridgehead atoms. The van der Waals surface area contributed by atoms with Gasteiger partial charge in [0.15, 0.2) is 6.10 Å². The molecule has 22 heavy (non-hydrogen) atoms. The minimum Gasteiger partial charge on any atom is -0.480 e. The molecule has 1 unspecified atom stereocenters. The van der Waals surface area contributed by atoms with Crippen molar-refractivity contribution in [2.45, 2.75) is 26.9 Å². The van der Waals surface area contributed by atoms with Crippen LogP contribution in [0.1, 0.15) is 18.1 Å². The molecule has 0 saturated heterocycles. The highest BCUT2D eigenvalue weighted by Gasteiger charge is 2.17. The molecule has 116 valence electrons. The average molecular weight is 383 g/mol. The molecule has 1 amide bonds. The highest BCUT2D eigenvalue weighted by atomic mass is 79.9. The molecular formula is C17H17BrClNO2. The monoisotopic (exact) mass is 381 g/mol. The maximum Gasteiger partial charge on any atom is 0.265 e. The molecule has 0 fully saturated rings. The first kappa shape index (κ1) is 16.8. The van der Waals surface area contributed by atoms with E-state index >= 15 is 0 Å². The predicted molar refractivity (Wildman–Crippen MR) is 93.8 cm³/mol. The highest BCUT2D eigenvalue weighted by Crippen LogP contribution is 2.29. The molecule has 5 heteroatoms. The number of ether oxygens (including phenoxy) is 1. The van der Waals surface area contributed by atoms with E-state index in [4.69, 9.17) is 16.3 Å². The summed E-state index contributed by atoms with van der Waals surface area (Å²) in [6, 6.07) is 11.1. The number of rotatable bonds is 4. The van der Waals surface area contributed by atoms with Gasteiger partial charge in [-0.05, 0) is 72.1 Å². The van der Waals surface area contributed by atoms with E-state index in [1.54, 1.807) is 25.1 Å². The van der Waals surface area contributed by atoms with Crippen LogP contribution < -0.4 is 10.1 Å². The summed E-state index contributed by atoms with van der Waals surface area (Å²) in [7, 11) is 0. The van der Waals surface area contributed by atoms with Crippen molar-refractivity contribution in [3.63, 3.8) is 0 Å². The van der Waals surface area contributed by atoms with Crippen molar-refractivity contribution in [1.29, 1.82) is 0 Å². The van der Waals surface area contributed by atoms with Crippen LogP contribution in [0.3, 0.4) is 0 Å². The SMILES string of the molecule is Cc1ccc(C)c(NC(=O)C(C)Oc2ccc(Cl)cc2Br)c1. The summed E-state index contributed by atoms with van der Waals surface area (Å²) in [6.07, 6.45) is -0.627. The smallest absolute Gasteiger partial charge is 0.265 e. The number of carbonyl (C=O) groups excluding carboxylic acids is 1. The zero-order valence-corrected chi connectivity index (χ0v) is 15.0. The van der Waals surface area contributed by atoms with Crippen molar-refractivity contribution < 1.29 is 9.53 Å². The molecule has 0 aliphatic heterocycles. The minimum absolute atomic E-state index is 0.199. The number of nitrogens with one attached hydrogen (secondary N) is 1. The molecule has 0 heterocycles. The van der Waals surface area contributed by atoms with Crippen LogP contribution in [-0.4, -0.2) is 12.0 Å². The number of aryl methyl sites for hydroxylation is 2. The molecular weight excluding hydrogens is 366 g/mol. The number of halogens is 2. The summed E-state index contributed by atoms with van der Waals surface area (Å²) in [4.78, 5) is 12.3. The van der Waals surface area contributed by atoms with Gasteiger partial charge >= 0.3 is 0 Å². The van der Waals surface area contributed by atoms with E-state index < -0.39 is 6.10 Å². The lowest BCUT2D eigenvalue weighted by Crippen LogP contribution is -2.30. The Hall–Kier alpha value is -1.52. The Labute approximate surface area is 143 Å². The van der Waals surface area contributed by atoms with E-state index in [0.29, 0.717) is 15.2 Å². The van der Waals surface area contributed by atoms with Gasteiger partial charge in [-0.3, -0.25) is 4.79 Å². The summed E-state index contributed by atoms with van der Waals surface area (Å²) < 4.78 is 6.40. The lowest BCUT2D eigenvalue weighted by molar-refractivity contribution is -0.122. The lowest BCUT2D eigenvalue weighted by atomic mass is 10.1. The molecule has 0 spiro atoms. The van der Waals surface area contributed by atoms with Crippen LogP contribution in [0.2, 0.25) is 5.02 Å². The van der Waals surface area contributed by atoms with Gasteiger partial charge in [0, 0.05) is 10.7 Å². The number of carbonyl (C=O) groups is 1. The van der Waals surface area contributed by atoms with Gasteiger partial charge in [-0.1, -0.05) is 23.7 Å². The van der Waals surface area contributed by atoms with E-state index in [1.165, 1.54) is 0 Å². The Balaban J connectivity index is 2.07. The Bertz CT molecular complexity index is 703. The van der Waals surface area contributed by atoms with Crippen molar-refractivity contribution >= 4 is 39.1 Å². The van der Waals surface area contributed by atoms with E-state index in [1.807, 2.05) is 32.0 Å². The second-order valence-electron chi connectivity index (χ2n) is 5.14. The summed E-state index contributed by atoms with van der Waals surface area (Å²) in [5, 5.41) is 3.50. The molecule has 2 aromatic rings. The molecule has 0 aliphatic carbocycles. The Morgan fingerprint density at radius 3 is 2.64 bits per heavy atom. The highest BCUT2D eigenvalue weighted by molar-refractivity contribution is 9.10. The maximum absolute atomic E-state index is 12.3. The van der Waals surface area contributed by atoms with Crippen LogP contribution in [0.15, 0.2) is 40.9 Å². The Morgan fingerprint density at radius 2 is 1.95 bits per heavy atom. The van der Waals surface area contributed by atoms with Gasteiger partial charge in [-0.2, -0.15) is 0 Å². The van der Waals surface area contributed by atoms with Crippen molar-refractivity contribution in [3.05, 3.63) is 57.0 Å². The summed E-state index contributed by atoms with van der Waals surface area (Å²) in [6.45, 7) is 5.65. The Morgan fingerprint density at radius 1 is 1.23 bits per heavy atom. The normalized spacial score (nSPS) is 11.9. The van der Waals surface area contributed by atoms with Gasteiger partial charge in [-0.25, -0.2) is 0 Å². The van der Waals surface area contributed by atoms with Crippen molar-refractivity contribution in [2.75, 3.05) is 5.32 Å². The molecule has 0 saturated carbocycles. The molecule has 1 atom stereocenters. The topological polar surface area (TPSA) is 38.3 Å². The van der Waals surface area contributed by atoms with Gasteiger partial charge in [0.05, 0.1) is 4.47 Å². The quantitative estimate of drug-likeness (QED) is 0.796. The van der Waals surface area contributed by atoms with E-state index in [0.717, 1.165) is 16.8 Å². The second-order valence-corrected chi connectivity index (χ2v) is 6.43. The molecule has 3 nitrogen and oxygen atoms in total. The van der Waals surface area contributed by atoms with Crippen LogP contribution in [0.4, 0.5) is 5.69 Å². The van der Waals surface area contributed by atoms with Crippen LogP contribution in [-0.2, 0) is 4.79 Å². The summed E-state index contributed by atoms with van der Waals surface area (Å²) in [5.74, 6) is 0.378. The number of amides is 1. The van der Waals surface area contributed by atoms with Gasteiger partial charge in [0.1, 0.15) is 5.75 Å². The van der Waals surface area contributed by atoms with E-state index in [-0.39, 0.29) is 5.91 Å². The third-order valence-corrected chi connectivity index (χ3v) is 4.07. The van der Waals surface area contributed by atoms with Gasteiger partial charge in [-0.15, -0.1) is 0 Å². The van der Waals surface area contributed by atoms with Crippen LogP contribution in [0.5, 0.6) is 5.75 Å². The van der Waals surface area contributed by atoms with Crippen LogP contribution >= 0.6 is 27.5 Å². The number of hydrogen-bond donors (Lipinski definition) is 1. The summed E-state index contributed by atoms with van der Waals surface area (Å²) in [5.41, 5.74) is 2.91. The fraction of sp³-hybridized carbons (Fsp3) is 0.235. The molecule has 0 aromatic heterocycles. The predicted octanol–water partition coefficient (Wildman–Crippen LogP) is 5.13. The van der Waals surface area contributed by atoms with Crippen molar-refractivity contribution in [1.82, 2.24) is 0 Å². The number of hydrogen-bond acceptors (Lipinski definition) is 2. The fourth-order valence-corrected chi connectivity index (χ4v) is 2.70. The molecule has 1 N–H and O–H groups in total. The van der Waals surface area contributed by atoms with E-state index in [9.17, 15) is 4.79 Å². The zero-order valence-electron chi connectivity index (χ0n) is 12.6. The van der Waals surface area contributed by atoms with Gasteiger partial charge in [0.2, 0.25) is 0 Å². The van der Waals surface area contributed by atoms with Gasteiger partial charge in [0.25, 0.3) is 5.91 Å². The summed E-state index contributed by atoms with van der Waals surface area (Å²) >= 11 is 9.26. The van der Waals surface area contributed by atoms with Gasteiger partial charge < -0.3 is 10.1 Å². The third-order valence-electron chi connectivity index (χ3n) is 3.22. The Kier molecular flexibility index (Phi) is 5.48. The van der Waals surface area contributed by atoms with E-state index in [2.05, 4.69) is 21.2 Å². The first-order valence-corrected chi connectivity index (χ1v) is 8.03. The molecule has 0 aliphatic rings. The molecule has 2 aromatic carbocycles. The zero-order chi connectivity index (χ0) is 16.3. The first-order valence-electron chi connectivity index (χ1n) is 6.86. The molecule has 2 rings (SSSR count). The van der Waals surface area contributed by atoms with Crippen molar-refractivity contribution in [3.8, 4) is 5.75 Å². The lowest BCUT2D eigenvalue weighted by Gasteiger charge is -2.17. The van der Waals surface area contributed by atoms with Crippen LogP contribution in [0.25, 0.3) is 0 Å². The molecule has 0 radical (unpaired) electrons. The fourth-order valence-electron chi connectivity index (χ4n) is 1.92. The first-order chi connectivity index (χ1) is 10.4. The maximum atomic E-state index is 12.3. The largest absolute Gasteiger partial charge is 0.480 e. The second kappa shape index (κ2) is 7.16. The third kappa shape index (κ3) is 4.24. The van der Waals surface area contributed by atoms with Crippen molar-refractivity contribution in [2.24, 2.45) is 0 Å². The van der Waals surface area contributed by atoms with Crippen LogP contribution in [0, 0.1) is 13.8 Å². The average Bonchev–Trinajstić information content (AvgIpc) is 2.45.